The maximum atomic E-state index is 6.45. The number of hydrogen-bond acceptors (Lipinski definition) is 7. The van der Waals surface area contributed by atoms with Gasteiger partial charge in [0.1, 0.15) is 5.52 Å². The fourth-order valence-electron chi connectivity index (χ4n) is 5.21. The zero-order chi connectivity index (χ0) is 25.4. The Hall–Kier alpha value is -3.07. The molecule has 0 radical (unpaired) electrons. The highest BCUT2D eigenvalue weighted by molar-refractivity contribution is 6.36. The van der Waals surface area contributed by atoms with Crippen LogP contribution < -0.4 is 15.5 Å². The number of anilines is 5. The van der Waals surface area contributed by atoms with Crippen molar-refractivity contribution in [3.05, 3.63) is 58.7 Å². The van der Waals surface area contributed by atoms with E-state index < -0.39 is 0 Å². The molecule has 3 heterocycles. The Morgan fingerprint density at radius 2 is 1.65 bits per heavy atom. The van der Waals surface area contributed by atoms with Crippen molar-refractivity contribution in [2.45, 2.75) is 31.7 Å². The number of rotatable bonds is 6. The number of nitrogens with zero attached hydrogens (tertiary/aromatic N) is 6. The molecule has 2 fully saturated rings. The van der Waals surface area contributed by atoms with Crippen molar-refractivity contribution in [2.24, 2.45) is 0 Å². The van der Waals surface area contributed by atoms with Gasteiger partial charge in [-0.2, -0.15) is 4.98 Å². The normalized spacial score (nSPS) is 17.0. The van der Waals surface area contributed by atoms with E-state index in [1.54, 1.807) is 12.3 Å². The van der Waals surface area contributed by atoms with Crippen LogP contribution in [0, 0.1) is 0 Å². The summed E-state index contributed by atoms with van der Waals surface area (Å²) in [6.07, 6.45) is 6.36. The van der Waals surface area contributed by atoms with Gasteiger partial charge in [-0.05, 0) is 62.4 Å². The lowest BCUT2D eigenvalue weighted by Crippen LogP contribution is -2.44. The van der Waals surface area contributed by atoms with Gasteiger partial charge in [0.15, 0.2) is 5.65 Å². The quantitative estimate of drug-likeness (QED) is 0.291. The molecule has 4 aromatic rings. The van der Waals surface area contributed by atoms with Gasteiger partial charge < -0.3 is 20.4 Å². The number of fused-ring (bicyclic) bond motifs is 1. The molecule has 0 spiro atoms. The van der Waals surface area contributed by atoms with Crippen molar-refractivity contribution in [3.8, 4) is 0 Å². The molecule has 1 aliphatic heterocycles. The maximum absolute atomic E-state index is 6.45. The second-order valence-corrected chi connectivity index (χ2v) is 10.7. The number of nitrogens with one attached hydrogen (secondary N) is 2. The van der Waals surface area contributed by atoms with Crippen LogP contribution in [-0.2, 0) is 0 Å². The standard InChI is InChI=1S/C27H30Cl2N8/c1-35-12-14-36(15-13-35)20-9-7-19(8-10-20)31-26-30-17-24-25(34-26)37(21-4-2-3-5-21)27(33-24)32-23-11-6-18(28)16-22(23)29/h6-11,16-17,21H,2-5,12-15H2,1H3,(H,32,33)(H,30,31,34). The summed E-state index contributed by atoms with van der Waals surface area (Å²) in [7, 11) is 2.17. The second kappa shape index (κ2) is 10.4. The van der Waals surface area contributed by atoms with Crippen LogP contribution in [0.2, 0.25) is 10.0 Å². The number of halogens is 2. The highest BCUT2D eigenvalue weighted by Gasteiger charge is 2.24. The van der Waals surface area contributed by atoms with Crippen molar-refractivity contribution < 1.29 is 0 Å². The third-order valence-electron chi connectivity index (χ3n) is 7.29. The van der Waals surface area contributed by atoms with Crippen molar-refractivity contribution in [1.82, 2.24) is 24.4 Å². The number of aromatic nitrogens is 4. The van der Waals surface area contributed by atoms with Gasteiger partial charge in [0.05, 0.1) is 16.9 Å². The summed E-state index contributed by atoms with van der Waals surface area (Å²) in [4.78, 5) is 19.1. The molecule has 2 aromatic heterocycles. The summed E-state index contributed by atoms with van der Waals surface area (Å²) >= 11 is 12.5. The minimum Gasteiger partial charge on any atom is -0.369 e. The third-order valence-corrected chi connectivity index (χ3v) is 7.84. The predicted molar refractivity (Wildman–Crippen MR) is 152 cm³/mol. The summed E-state index contributed by atoms with van der Waals surface area (Å²) in [6, 6.07) is 14.2. The maximum Gasteiger partial charge on any atom is 0.229 e. The molecule has 0 bridgehead atoms. The van der Waals surface area contributed by atoms with Gasteiger partial charge in [-0.25, -0.2) is 9.97 Å². The van der Waals surface area contributed by atoms with E-state index in [0.29, 0.717) is 28.0 Å². The molecular weight excluding hydrogens is 507 g/mol. The second-order valence-electron chi connectivity index (χ2n) is 9.86. The van der Waals surface area contributed by atoms with Gasteiger partial charge in [0, 0.05) is 48.6 Å². The average Bonchev–Trinajstić information content (AvgIpc) is 3.54. The van der Waals surface area contributed by atoms with E-state index in [2.05, 4.69) is 61.3 Å². The zero-order valence-corrected chi connectivity index (χ0v) is 22.3. The Morgan fingerprint density at radius 1 is 0.892 bits per heavy atom. The molecule has 0 amide bonds. The molecular formula is C27H30Cl2N8. The van der Waals surface area contributed by atoms with Crippen LogP contribution in [0.3, 0.4) is 0 Å². The lowest BCUT2D eigenvalue weighted by atomic mass is 10.2. The predicted octanol–water partition coefficient (Wildman–Crippen LogP) is 6.49. The Labute approximate surface area is 226 Å². The van der Waals surface area contributed by atoms with E-state index in [9.17, 15) is 0 Å². The Morgan fingerprint density at radius 3 is 2.38 bits per heavy atom. The van der Waals surface area contributed by atoms with Crippen LogP contribution in [0.15, 0.2) is 48.7 Å². The lowest BCUT2D eigenvalue weighted by molar-refractivity contribution is 0.313. The average molecular weight is 537 g/mol. The molecule has 2 aromatic carbocycles. The highest BCUT2D eigenvalue weighted by atomic mass is 35.5. The van der Waals surface area contributed by atoms with Crippen molar-refractivity contribution in [1.29, 1.82) is 0 Å². The van der Waals surface area contributed by atoms with Crippen LogP contribution in [0.5, 0.6) is 0 Å². The topological polar surface area (TPSA) is 74.1 Å². The Balaban J connectivity index is 1.27. The van der Waals surface area contributed by atoms with E-state index >= 15 is 0 Å². The molecule has 1 aliphatic carbocycles. The Bertz CT molecular complexity index is 1390. The van der Waals surface area contributed by atoms with Gasteiger partial charge in [-0.15, -0.1) is 0 Å². The number of likely N-dealkylation sites (N-methyl/N-ethyl adjacent to an activating group) is 1. The minimum atomic E-state index is 0.323. The monoisotopic (exact) mass is 536 g/mol. The molecule has 2 N–H and O–H groups in total. The molecule has 2 aliphatic rings. The SMILES string of the molecule is CN1CCN(c2ccc(Nc3ncc4nc(Nc5ccc(Cl)cc5Cl)n(C5CCCC5)c4n3)cc2)CC1. The van der Waals surface area contributed by atoms with Crippen LogP contribution in [0.4, 0.5) is 29.0 Å². The summed E-state index contributed by atoms with van der Waals surface area (Å²) < 4.78 is 2.20. The third kappa shape index (κ3) is 5.19. The molecule has 10 heteroatoms. The molecule has 1 saturated carbocycles. The van der Waals surface area contributed by atoms with E-state index in [1.807, 2.05) is 12.1 Å². The largest absolute Gasteiger partial charge is 0.369 e. The van der Waals surface area contributed by atoms with Crippen LogP contribution in [-0.4, -0.2) is 57.6 Å². The summed E-state index contributed by atoms with van der Waals surface area (Å²) in [5, 5.41) is 7.93. The van der Waals surface area contributed by atoms with Gasteiger partial charge in [-0.3, -0.25) is 4.57 Å². The van der Waals surface area contributed by atoms with E-state index in [-0.39, 0.29) is 0 Å². The van der Waals surface area contributed by atoms with Crippen LogP contribution in [0.25, 0.3) is 11.2 Å². The van der Waals surface area contributed by atoms with Crippen molar-refractivity contribution in [3.63, 3.8) is 0 Å². The zero-order valence-electron chi connectivity index (χ0n) is 20.8. The lowest BCUT2D eigenvalue weighted by Gasteiger charge is -2.34. The fraction of sp³-hybridized carbons (Fsp3) is 0.370. The molecule has 0 unspecified atom stereocenters. The van der Waals surface area contributed by atoms with E-state index in [4.69, 9.17) is 33.2 Å². The van der Waals surface area contributed by atoms with E-state index in [1.165, 1.54) is 18.5 Å². The molecule has 0 atom stereocenters. The first-order chi connectivity index (χ1) is 18.0. The fourth-order valence-corrected chi connectivity index (χ4v) is 5.66. The first-order valence-corrected chi connectivity index (χ1v) is 13.6. The van der Waals surface area contributed by atoms with Crippen molar-refractivity contribution >= 4 is 63.3 Å². The number of piperazine rings is 1. The summed E-state index contributed by atoms with van der Waals surface area (Å²) in [5.74, 6) is 1.27. The van der Waals surface area contributed by atoms with Gasteiger partial charge >= 0.3 is 0 Å². The number of imidazole rings is 1. The first kappa shape index (κ1) is 24.3. The van der Waals surface area contributed by atoms with Gasteiger partial charge in [0.2, 0.25) is 11.9 Å². The van der Waals surface area contributed by atoms with Crippen LogP contribution in [0.1, 0.15) is 31.7 Å². The minimum absolute atomic E-state index is 0.323. The smallest absolute Gasteiger partial charge is 0.229 e. The van der Waals surface area contributed by atoms with E-state index in [0.717, 1.165) is 61.6 Å². The first-order valence-electron chi connectivity index (χ1n) is 12.8. The van der Waals surface area contributed by atoms with Gasteiger partial charge in [-0.1, -0.05) is 36.0 Å². The molecule has 1 saturated heterocycles. The number of benzene rings is 2. The molecule has 37 heavy (non-hydrogen) atoms. The number of hydrogen-bond donors (Lipinski definition) is 2. The summed E-state index contributed by atoms with van der Waals surface area (Å²) in [5.41, 5.74) is 4.51. The molecule has 8 nitrogen and oxygen atoms in total. The molecule has 192 valence electrons. The van der Waals surface area contributed by atoms with Gasteiger partial charge in [0.25, 0.3) is 0 Å². The Kier molecular flexibility index (Phi) is 6.80. The highest BCUT2D eigenvalue weighted by Crippen LogP contribution is 2.37. The summed E-state index contributed by atoms with van der Waals surface area (Å²) in [6.45, 7) is 4.27. The molecule has 6 rings (SSSR count). The van der Waals surface area contributed by atoms with Crippen LogP contribution >= 0.6 is 23.2 Å². The van der Waals surface area contributed by atoms with Crippen molar-refractivity contribution in [2.75, 3.05) is 48.8 Å².